The summed E-state index contributed by atoms with van der Waals surface area (Å²) < 4.78 is 4.60. The molecule has 0 aliphatic rings. The van der Waals surface area contributed by atoms with Gasteiger partial charge in [-0.25, -0.2) is 4.79 Å². The molecule has 0 unspecified atom stereocenters. The van der Waals surface area contributed by atoms with E-state index in [2.05, 4.69) is 15.4 Å². The smallest absolute Gasteiger partial charge is 0.337 e. The fourth-order valence-electron chi connectivity index (χ4n) is 1.88. The average molecular weight is 306 g/mol. The van der Waals surface area contributed by atoms with Crippen LogP contribution in [-0.2, 0) is 14.3 Å². The number of anilines is 1. The zero-order valence-electron chi connectivity index (χ0n) is 13.0. The third-order valence-electron chi connectivity index (χ3n) is 3.04. The van der Waals surface area contributed by atoms with Crippen LogP contribution >= 0.6 is 0 Å². The van der Waals surface area contributed by atoms with Crippen molar-refractivity contribution >= 4 is 23.5 Å². The largest absolute Gasteiger partial charge is 0.465 e. The Kier molecular flexibility index (Phi) is 7.67. The molecule has 0 saturated heterocycles. The standard InChI is InChI=1S/C16H22N2O4/c1-12(19)17-11-5-3-4-6-15(20)18-14-9-7-13(8-10-14)16(21)22-2/h7-10H,3-6,11H2,1-2H3,(H,17,19)(H,18,20). The molecule has 0 radical (unpaired) electrons. The Morgan fingerprint density at radius 1 is 1.05 bits per heavy atom. The summed E-state index contributed by atoms with van der Waals surface area (Å²) in [5.41, 5.74) is 1.09. The van der Waals surface area contributed by atoms with Crippen molar-refractivity contribution in [1.82, 2.24) is 5.32 Å². The van der Waals surface area contributed by atoms with Crippen LogP contribution in [0, 0.1) is 0 Å². The Morgan fingerprint density at radius 2 is 1.73 bits per heavy atom. The summed E-state index contributed by atoms with van der Waals surface area (Å²) in [6.45, 7) is 2.13. The zero-order valence-corrected chi connectivity index (χ0v) is 13.0. The van der Waals surface area contributed by atoms with Crippen LogP contribution in [0.1, 0.15) is 43.0 Å². The van der Waals surface area contributed by atoms with E-state index in [1.165, 1.54) is 14.0 Å². The van der Waals surface area contributed by atoms with Crippen LogP contribution in [0.15, 0.2) is 24.3 Å². The Bertz CT molecular complexity index is 511. The first-order valence-corrected chi connectivity index (χ1v) is 7.25. The highest BCUT2D eigenvalue weighted by Crippen LogP contribution is 2.11. The van der Waals surface area contributed by atoms with Gasteiger partial charge < -0.3 is 15.4 Å². The topological polar surface area (TPSA) is 84.5 Å². The van der Waals surface area contributed by atoms with E-state index in [1.54, 1.807) is 24.3 Å². The lowest BCUT2D eigenvalue weighted by atomic mass is 10.1. The molecule has 2 amide bonds. The second-order valence-corrected chi connectivity index (χ2v) is 4.91. The molecule has 1 aromatic rings. The van der Waals surface area contributed by atoms with Gasteiger partial charge in [0.2, 0.25) is 11.8 Å². The highest BCUT2D eigenvalue weighted by atomic mass is 16.5. The highest BCUT2D eigenvalue weighted by Gasteiger charge is 2.06. The molecular weight excluding hydrogens is 284 g/mol. The van der Waals surface area contributed by atoms with E-state index in [0.29, 0.717) is 24.2 Å². The van der Waals surface area contributed by atoms with Gasteiger partial charge in [-0.2, -0.15) is 0 Å². The van der Waals surface area contributed by atoms with Crippen molar-refractivity contribution in [3.8, 4) is 0 Å². The van der Waals surface area contributed by atoms with Gasteiger partial charge in [0.05, 0.1) is 12.7 Å². The van der Waals surface area contributed by atoms with Crippen LogP contribution < -0.4 is 10.6 Å². The summed E-state index contributed by atoms with van der Waals surface area (Å²) in [7, 11) is 1.32. The Balaban J connectivity index is 2.24. The Hall–Kier alpha value is -2.37. The number of unbranched alkanes of at least 4 members (excludes halogenated alkanes) is 2. The zero-order chi connectivity index (χ0) is 16.4. The van der Waals surface area contributed by atoms with E-state index in [9.17, 15) is 14.4 Å². The maximum Gasteiger partial charge on any atom is 0.337 e. The molecule has 1 rings (SSSR count). The maximum absolute atomic E-state index is 11.8. The van der Waals surface area contributed by atoms with E-state index < -0.39 is 5.97 Å². The van der Waals surface area contributed by atoms with Gasteiger partial charge in [-0.3, -0.25) is 9.59 Å². The highest BCUT2D eigenvalue weighted by molar-refractivity contribution is 5.92. The third-order valence-corrected chi connectivity index (χ3v) is 3.04. The lowest BCUT2D eigenvalue weighted by molar-refractivity contribution is -0.119. The molecule has 6 heteroatoms. The minimum atomic E-state index is -0.406. The predicted octanol–water partition coefficient (Wildman–Crippen LogP) is 2.11. The van der Waals surface area contributed by atoms with Crippen molar-refractivity contribution in [2.45, 2.75) is 32.6 Å². The van der Waals surface area contributed by atoms with Gasteiger partial charge in [-0.15, -0.1) is 0 Å². The fraction of sp³-hybridized carbons (Fsp3) is 0.438. The SMILES string of the molecule is COC(=O)c1ccc(NC(=O)CCCCCNC(C)=O)cc1. The van der Waals surface area contributed by atoms with Crippen molar-refractivity contribution in [2.24, 2.45) is 0 Å². The molecule has 0 aliphatic heterocycles. The van der Waals surface area contributed by atoms with Gasteiger partial charge in [0.1, 0.15) is 0 Å². The van der Waals surface area contributed by atoms with Gasteiger partial charge in [-0.1, -0.05) is 6.42 Å². The number of hydrogen-bond donors (Lipinski definition) is 2. The minimum absolute atomic E-state index is 0.0341. The molecule has 22 heavy (non-hydrogen) atoms. The summed E-state index contributed by atoms with van der Waals surface area (Å²) >= 11 is 0. The summed E-state index contributed by atoms with van der Waals surface area (Å²) in [6.07, 6.45) is 2.94. The van der Waals surface area contributed by atoms with E-state index in [1.807, 2.05) is 0 Å². The van der Waals surface area contributed by atoms with Crippen LogP contribution in [0.5, 0.6) is 0 Å². The number of amides is 2. The molecule has 0 heterocycles. The van der Waals surface area contributed by atoms with Crippen molar-refractivity contribution in [2.75, 3.05) is 19.0 Å². The van der Waals surface area contributed by atoms with E-state index in [4.69, 9.17) is 0 Å². The maximum atomic E-state index is 11.8. The fourth-order valence-corrected chi connectivity index (χ4v) is 1.88. The number of carbonyl (C=O) groups excluding carboxylic acids is 3. The quantitative estimate of drug-likeness (QED) is 0.569. The summed E-state index contributed by atoms with van der Waals surface area (Å²) in [5.74, 6) is -0.504. The van der Waals surface area contributed by atoms with Crippen LogP contribution in [-0.4, -0.2) is 31.4 Å². The second kappa shape index (κ2) is 9.55. The second-order valence-electron chi connectivity index (χ2n) is 4.91. The summed E-state index contributed by atoms with van der Waals surface area (Å²) in [6, 6.07) is 6.55. The molecular formula is C16H22N2O4. The van der Waals surface area contributed by atoms with Crippen molar-refractivity contribution in [3.05, 3.63) is 29.8 Å². The van der Waals surface area contributed by atoms with Crippen LogP contribution in [0.4, 0.5) is 5.69 Å². The molecule has 0 spiro atoms. The van der Waals surface area contributed by atoms with Crippen LogP contribution in [0.2, 0.25) is 0 Å². The van der Waals surface area contributed by atoms with E-state index in [0.717, 1.165) is 19.3 Å². The molecule has 0 saturated carbocycles. The van der Waals surface area contributed by atoms with Crippen molar-refractivity contribution in [1.29, 1.82) is 0 Å². The number of esters is 1. The Morgan fingerprint density at radius 3 is 2.32 bits per heavy atom. The van der Waals surface area contributed by atoms with Crippen molar-refractivity contribution in [3.63, 3.8) is 0 Å². The lowest BCUT2D eigenvalue weighted by Crippen LogP contribution is -2.20. The van der Waals surface area contributed by atoms with Gasteiger partial charge in [0.15, 0.2) is 0 Å². The van der Waals surface area contributed by atoms with Gasteiger partial charge in [-0.05, 0) is 37.1 Å². The molecule has 0 atom stereocenters. The number of rotatable bonds is 8. The number of nitrogens with one attached hydrogen (secondary N) is 2. The normalized spacial score (nSPS) is 9.91. The molecule has 2 N–H and O–H groups in total. The van der Waals surface area contributed by atoms with E-state index >= 15 is 0 Å². The van der Waals surface area contributed by atoms with Crippen molar-refractivity contribution < 1.29 is 19.1 Å². The number of ether oxygens (including phenoxy) is 1. The summed E-state index contributed by atoms with van der Waals surface area (Å²) in [4.78, 5) is 33.7. The molecule has 0 fully saturated rings. The number of benzene rings is 1. The third kappa shape index (κ3) is 6.88. The number of carbonyl (C=O) groups is 3. The average Bonchev–Trinajstić information content (AvgIpc) is 2.50. The lowest BCUT2D eigenvalue weighted by Gasteiger charge is -2.06. The monoisotopic (exact) mass is 306 g/mol. The van der Waals surface area contributed by atoms with E-state index in [-0.39, 0.29) is 11.8 Å². The van der Waals surface area contributed by atoms with Gasteiger partial charge in [0.25, 0.3) is 0 Å². The molecule has 1 aromatic carbocycles. The molecule has 0 bridgehead atoms. The first kappa shape index (κ1) is 17.7. The molecule has 0 aromatic heterocycles. The predicted molar refractivity (Wildman–Crippen MR) is 83.6 cm³/mol. The van der Waals surface area contributed by atoms with Crippen LogP contribution in [0.25, 0.3) is 0 Å². The number of methoxy groups -OCH3 is 1. The molecule has 0 aliphatic carbocycles. The first-order chi connectivity index (χ1) is 10.5. The summed E-state index contributed by atoms with van der Waals surface area (Å²) in [5, 5.41) is 5.49. The van der Waals surface area contributed by atoms with Gasteiger partial charge in [0, 0.05) is 25.6 Å². The van der Waals surface area contributed by atoms with Gasteiger partial charge >= 0.3 is 5.97 Å². The Labute approximate surface area is 130 Å². The number of hydrogen-bond acceptors (Lipinski definition) is 4. The molecule has 6 nitrogen and oxygen atoms in total. The minimum Gasteiger partial charge on any atom is -0.465 e. The first-order valence-electron chi connectivity index (χ1n) is 7.25. The molecule has 120 valence electrons. The van der Waals surface area contributed by atoms with Crippen LogP contribution in [0.3, 0.4) is 0 Å².